The predicted octanol–water partition coefficient (Wildman–Crippen LogP) is 3.98. The summed E-state index contributed by atoms with van der Waals surface area (Å²) in [5.74, 6) is -0.264. The van der Waals surface area contributed by atoms with E-state index in [0.717, 1.165) is 49.2 Å². The van der Waals surface area contributed by atoms with Gasteiger partial charge in [-0.05, 0) is 36.1 Å². The average Bonchev–Trinajstić information content (AvgIpc) is 3.18. The van der Waals surface area contributed by atoms with Crippen molar-refractivity contribution in [1.29, 1.82) is 0 Å². The van der Waals surface area contributed by atoms with Crippen molar-refractivity contribution in [2.24, 2.45) is 0 Å². The molecule has 27 heavy (non-hydrogen) atoms. The second kappa shape index (κ2) is 8.15. The summed E-state index contributed by atoms with van der Waals surface area (Å²) in [7, 11) is 0. The van der Waals surface area contributed by atoms with Crippen LogP contribution in [-0.2, 0) is 16.0 Å². The number of carbonyl (C=O) groups excluding carboxylic acids is 1. The minimum atomic E-state index is -0.356. The van der Waals surface area contributed by atoms with Crippen molar-refractivity contribution in [2.45, 2.75) is 30.1 Å². The van der Waals surface area contributed by atoms with Gasteiger partial charge in [0.15, 0.2) is 11.6 Å². The molecule has 4 nitrogen and oxygen atoms in total. The molecule has 2 heterocycles. The number of nitrogens with zero attached hydrogens (tertiary/aromatic N) is 1. The van der Waals surface area contributed by atoms with Gasteiger partial charge in [0.25, 0.3) is 0 Å². The van der Waals surface area contributed by atoms with Crippen LogP contribution in [0.2, 0.25) is 0 Å². The fraction of sp³-hybridized carbons (Fsp3) is 0.409. The molecule has 0 N–H and O–H groups in total. The zero-order valence-corrected chi connectivity index (χ0v) is 16.5. The summed E-state index contributed by atoms with van der Waals surface area (Å²) < 4.78 is 11.6. The second-order valence-corrected chi connectivity index (χ2v) is 7.98. The highest BCUT2D eigenvalue weighted by Crippen LogP contribution is 2.32. The number of likely N-dealkylation sites (tertiary alicyclic amines) is 1. The Morgan fingerprint density at radius 2 is 1.70 bits per heavy atom. The lowest BCUT2D eigenvalue weighted by Gasteiger charge is -2.37. The van der Waals surface area contributed by atoms with E-state index in [4.69, 9.17) is 9.47 Å². The molecule has 2 saturated heterocycles. The maximum absolute atomic E-state index is 13.0. The van der Waals surface area contributed by atoms with Crippen LogP contribution in [0.4, 0.5) is 0 Å². The SMILES string of the molecule is CSc1ccc(C(=O)c2ccccc2CN2CCC3(CC2)OCCO3)cc1. The van der Waals surface area contributed by atoms with Crippen LogP contribution in [0.15, 0.2) is 53.4 Å². The van der Waals surface area contributed by atoms with Crippen molar-refractivity contribution in [2.75, 3.05) is 32.6 Å². The summed E-state index contributed by atoms with van der Waals surface area (Å²) in [6.07, 6.45) is 3.81. The predicted molar refractivity (Wildman–Crippen MR) is 107 cm³/mol. The van der Waals surface area contributed by atoms with Crippen LogP contribution in [0.5, 0.6) is 0 Å². The first-order valence-electron chi connectivity index (χ1n) is 9.46. The topological polar surface area (TPSA) is 38.8 Å². The average molecular weight is 384 g/mol. The normalized spacial score (nSPS) is 19.4. The van der Waals surface area contributed by atoms with Gasteiger partial charge in [-0.1, -0.05) is 24.3 Å². The molecule has 0 saturated carbocycles. The largest absolute Gasteiger partial charge is 0.347 e. The van der Waals surface area contributed by atoms with Crippen molar-refractivity contribution in [3.8, 4) is 0 Å². The van der Waals surface area contributed by atoms with Crippen molar-refractivity contribution >= 4 is 17.5 Å². The number of ketones is 1. The molecule has 0 aromatic heterocycles. The molecule has 0 amide bonds. The van der Waals surface area contributed by atoms with Crippen LogP contribution in [-0.4, -0.2) is 49.0 Å². The van der Waals surface area contributed by atoms with Crippen LogP contribution in [0.25, 0.3) is 0 Å². The zero-order chi connectivity index (χ0) is 18.7. The number of rotatable bonds is 5. The molecule has 4 rings (SSSR count). The van der Waals surface area contributed by atoms with Crippen LogP contribution in [0.1, 0.15) is 34.3 Å². The third-order valence-electron chi connectivity index (χ3n) is 5.44. The number of piperidine rings is 1. The molecule has 2 aromatic rings. The molecule has 2 fully saturated rings. The van der Waals surface area contributed by atoms with Gasteiger partial charge >= 0.3 is 0 Å². The van der Waals surface area contributed by atoms with Gasteiger partial charge in [-0.25, -0.2) is 0 Å². The van der Waals surface area contributed by atoms with Gasteiger partial charge in [0, 0.05) is 48.5 Å². The quantitative estimate of drug-likeness (QED) is 0.577. The van der Waals surface area contributed by atoms with Crippen molar-refractivity contribution in [1.82, 2.24) is 4.90 Å². The first-order chi connectivity index (χ1) is 13.2. The van der Waals surface area contributed by atoms with Crippen molar-refractivity contribution in [3.63, 3.8) is 0 Å². The third-order valence-corrected chi connectivity index (χ3v) is 6.18. The van der Waals surface area contributed by atoms with Gasteiger partial charge in [-0.2, -0.15) is 0 Å². The number of benzene rings is 2. The minimum absolute atomic E-state index is 0.0918. The van der Waals surface area contributed by atoms with Gasteiger partial charge in [0.1, 0.15) is 0 Å². The Hall–Kier alpha value is -1.66. The maximum Gasteiger partial charge on any atom is 0.193 e. The van der Waals surface area contributed by atoms with E-state index in [1.807, 2.05) is 48.7 Å². The van der Waals surface area contributed by atoms with Gasteiger partial charge in [0.05, 0.1) is 13.2 Å². The lowest BCUT2D eigenvalue weighted by atomic mass is 9.97. The van der Waals surface area contributed by atoms with Gasteiger partial charge in [-0.3, -0.25) is 9.69 Å². The van der Waals surface area contributed by atoms with E-state index >= 15 is 0 Å². The number of hydrogen-bond donors (Lipinski definition) is 0. The standard InChI is InChI=1S/C22H25NO3S/c1-27-19-8-6-17(7-9-19)21(24)20-5-3-2-4-18(20)16-23-12-10-22(11-13-23)25-14-15-26-22/h2-9H,10-16H2,1H3. The monoisotopic (exact) mass is 383 g/mol. The van der Waals surface area contributed by atoms with Crippen LogP contribution in [0, 0.1) is 0 Å². The lowest BCUT2D eigenvalue weighted by Crippen LogP contribution is -2.44. The van der Waals surface area contributed by atoms with Crippen molar-refractivity contribution < 1.29 is 14.3 Å². The van der Waals surface area contributed by atoms with E-state index in [2.05, 4.69) is 11.0 Å². The molecular weight excluding hydrogens is 358 g/mol. The number of ether oxygens (including phenoxy) is 2. The first kappa shape index (κ1) is 18.7. The highest BCUT2D eigenvalue weighted by molar-refractivity contribution is 7.98. The molecule has 1 spiro atoms. The van der Waals surface area contributed by atoms with Crippen LogP contribution in [0.3, 0.4) is 0 Å². The zero-order valence-electron chi connectivity index (χ0n) is 15.6. The number of carbonyl (C=O) groups is 1. The molecule has 0 atom stereocenters. The summed E-state index contributed by atoms with van der Waals surface area (Å²) in [4.78, 5) is 16.6. The first-order valence-corrected chi connectivity index (χ1v) is 10.7. The van der Waals surface area contributed by atoms with Gasteiger partial charge in [-0.15, -0.1) is 11.8 Å². The molecule has 2 aliphatic heterocycles. The van der Waals surface area contributed by atoms with E-state index in [9.17, 15) is 4.79 Å². The molecule has 0 unspecified atom stereocenters. The summed E-state index contributed by atoms with van der Waals surface area (Å²) in [6.45, 7) is 4.02. The van der Waals surface area contributed by atoms with Gasteiger partial charge in [0.2, 0.25) is 0 Å². The van der Waals surface area contributed by atoms with E-state index in [1.165, 1.54) is 4.90 Å². The van der Waals surface area contributed by atoms with Crippen molar-refractivity contribution in [3.05, 3.63) is 65.2 Å². The summed E-state index contributed by atoms with van der Waals surface area (Å²) in [6, 6.07) is 15.8. The van der Waals surface area contributed by atoms with E-state index in [0.29, 0.717) is 13.2 Å². The molecule has 0 aliphatic carbocycles. The number of hydrogen-bond acceptors (Lipinski definition) is 5. The Kier molecular flexibility index (Phi) is 5.64. The molecular formula is C22H25NO3S. The molecule has 2 aliphatic rings. The highest BCUT2D eigenvalue weighted by Gasteiger charge is 2.39. The molecule has 0 bridgehead atoms. The van der Waals surface area contributed by atoms with Crippen LogP contribution < -0.4 is 0 Å². The molecule has 142 valence electrons. The summed E-state index contributed by atoms with van der Waals surface area (Å²) in [5, 5.41) is 0. The Morgan fingerprint density at radius 1 is 1.04 bits per heavy atom. The third kappa shape index (κ3) is 4.11. The van der Waals surface area contributed by atoms with E-state index < -0.39 is 0 Å². The van der Waals surface area contributed by atoms with E-state index in [1.54, 1.807) is 11.8 Å². The summed E-state index contributed by atoms with van der Waals surface area (Å²) >= 11 is 1.68. The maximum atomic E-state index is 13.0. The second-order valence-electron chi connectivity index (χ2n) is 7.10. The lowest BCUT2D eigenvalue weighted by molar-refractivity contribution is -0.185. The van der Waals surface area contributed by atoms with Crippen LogP contribution >= 0.6 is 11.8 Å². The van der Waals surface area contributed by atoms with Gasteiger partial charge < -0.3 is 9.47 Å². The molecule has 5 heteroatoms. The van der Waals surface area contributed by atoms with E-state index in [-0.39, 0.29) is 11.6 Å². The molecule has 2 aromatic carbocycles. The Morgan fingerprint density at radius 3 is 2.37 bits per heavy atom. The summed E-state index contributed by atoms with van der Waals surface area (Å²) in [5.41, 5.74) is 2.62. The Bertz CT molecular complexity index is 789. The Balaban J connectivity index is 1.47. The number of thioether (sulfide) groups is 1. The Labute approximate surface area is 164 Å². The smallest absolute Gasteiger partial charge is 0.193 e. The highest BCUT2D eigenvalue weighted by atomic mass is 32.2. The minimum Gasteiger partial charge on any atom is -0.347 e. The fourth-order valence-electron chi connectivity index (χ4n) is 3.86. The molecule has 0 radical (unpaired) electrons. The fourth-order valence-corrected chi connectivity index (χ4v) is 4.26.